The van der Waals surface area contributed by atoms with Gasteiger partial charge in [0.1, 0.15) is 0 Å². The van der Waals surface area contributed by atoms with Crippen LogP contribution in [-0.4, -0.2) is 46.5 Å². The van der Waals surface area contributed by atoms with Gasteiger partial charge in [-0.05, 0) is 28.1 Å². The molecule has 0 N–H and O–H groups in total. The minimum absolute atomic E-state index is 0.0852. The molecular weight excluding hydrogens is 332 g/mol. The molecule has 0 saturated carbocycles. The topological polar surface area (TPSA) is 41.4 Å². The minimum Gasteiger partial charge on any atom is -0.339 e. The molecular formula is C15H17BrN4O. The number of nitrogens with zero attached hydrogens (tertiary/aromatic N) is 4. The van der Waals surface area contributed by atoms with Crippen molar-refractivity contribution in [1.29, 1.82) is 0 Å². The molecule has 0 radical (unpaired) electrons. The van der Waals surface area contributed by atoms with Crippen LogP contribution in [0, 0.1) is 0 Å². The van der Waals surface area contributed by atoms with Crippen molar-refractivity contribution in [1.82, 2.24) is 14.5 Å². The summed E-state index contributed by atoms with van der Waals surface area (Å²) in [6.07, 6.45) is 3.74. The number of carbonyl (C=O) groups is 1. The van der Waals surface area contributed by atoms with Crippen LogP contribution >= 0.6 is 15.9 Å². The highest BCUT2D eigenvalue weighted by Gasteiger charge is 2.24. The summed E-state index contributed by atoms with van der Waals surface area (Å²) in [5, 5.41) is 0. The Morgan fingerprint density at radius 1 is 1.19 bits per heavy atom. The molecule has 0 aliphatic carbocycles. The number of rotatable bonds is 2. The zero-order valence-electron chi connectivity index (χ0n) is 11.9. The van der Waals surface area contributed by atoms with E-state index in [2.05, 4.69) is 25.8 Å². The summed E-state index contributed by atoms with van der Waals surface area (Å²) in [7, 11) is 1.99. The van der Waals surface area contributed by atoms with Crippen LogP contribution in [0.4, 0.5) is 5.95 Å². The first-order valence-corrected chi connectivity index (χ1v) is 7.72. The molecule has 0 atom stereocenters. The van der Waals surface area contributed by atoms with Crippen LogP contribution in [0.25, 0.3) is 0 Å². The van der Waals surface area contributed by atoms with Crippen LogP contribution in [-0.2, 0) is 7.05 Å². The molecule has 1 aromatic carbocycles. The lowest BCUT2D eigenvalue weighted by atomic mass is 10.2. The van der Waals surface area contributed by atoms with Crippen molar-refractivity contribution < 1.29 is 4.79 Å². The van der Waals surface area contributed by atoms with E-state index < -0.39 is 0 Å². The van der Waals surface area contributed by atoms with Gasteiger partial charge in [-0.1, -0.05) is 12.1 Å². The van der Waals surface area contributed by atoms with Crippen LogP contribution in [0.2, 0.25) is 0 Å². The second-order valence-electron chi connectivity index (χ2n) is 5.10. The lowest BCUT2D eigenvalue weighted by molar-refractivity contribution is 0.0745. The molecule has 6 heteroatoms. The summed E-state index contributed by atoms with van der Waals surface area (Å²) >= 11 is 3.45. The summed E-state index contributed by atoms with van der Waals surface area (Å²) in [4.78, 5) is 21.0. The number of hydrogen-bond acceptors (Lipinski definition) is 3. The van der Waals surface area contributed by atoms with Gasteiger partial charge in [-0.3, -0.25) is 4.79 Å². The van der Waals surface area contributed by atoms with E-state index in [0.717, 1.165) is 29.1 Å². The van der Waals surface area contributed by atoms with Gasteiger partial charge in [-0.2, -0.15) is 0 Å². The second kappa shape index (κ2) is 5.89. The van der Waals surface area contributed by atoms with Crippen molar-refractivity contribution in [2.75, 3.05) is 31.1 Å². The standard InChI is InChI=1S/C15H17BrN4O/c1-18-7-6-17-15(18)20-10-8-19(9-11-20)14(21)12-4-2-3-5-13(12)16/h2-7H,8-11H2,1H3. The van der Waals surface area contributed by atoms with Gasteiger partial charge in [0.15, 0.2) is 0 Å². The van der Waals surface area contributed by atoms with Gasteiger partial charge < -0.3 is 14.4 Å². The maximum atomic E-state index is 12.5. The van der Waals surface area contributed by atoms with E-state index in [-0.39, 0.29) is 5.91 Å². The molecule has 1 saturated heterocycles. The molecule has 1 aliphatic rings. The fourth-order valence-corrected chi connectivity index (χ4v) is 3.03. The number of benzene rings is 1. The van der Waals surface area contributed by atoms with E-state index in [4.69, 9.17) is 0 Å². The van der Waals surface area contributed by atoms with E-state index in [9.17, 15) is 4.79 Å². The summed E-state index contributed by atoms with van der Waals surface area (Å²) in [5.41, 5.74) is 0.725. The number of halogens is 1. The van der Waals surface area contributed by atoms with Crippen molar-refractivity contribution in [3.63, 3.8) is 0 Å². The Bertz CT molecular complexity index is 647. The lowest BCUT2D eigenvalue weighted by Crippen LogP contribution is -2.49. The number of piperazine rings is 1. The number of amides is 1. The molecule has 0 spiro atoms. The highest BCUT2D eigenvalue weighted by atomic mass is 79.9. The van der Waals surface area contributed by atoms with Gasteiger partial charge in [0.25, 0.3) is 5.91 Å². The maximum absolute atomic E-state index is 12.5. The van der Waals surface area contributed by atoms with Crippen LogP contribution in [0.1, 0.15) is 10.4 Å². The Morgan fingerprint density at radius 2 is 1.90 bits per heavy atom. The maximum Gasteiger partial charge on any atom is 0.255 e. The SMILES string of the molecule is Cn1ccnc1N1CCN(C(=O)c2ccccc2Br)CC1. The van der Waals surface area contributed by atoms with Gasteiger partial charge in [0, 0.05) is 50.1 Å². The molecule has 2 aromatic rings. The smallest absolute Gasteiger partial charge is 0.255 e. The van der Waals surface area contributed by atoms with Crippen molar-refractivity contribution in [2.45, 2.75) is 0 Å². The Kier molecular flexibility index (Phi) is 3.96. The predicted molar refractivity (Wildman–Crippen MR) is 85.5 cm³/mol. The van der Waals surface area contributed by atoms with E-state index >= 15 is 0 Å². The van der Waals surface area contributed by atoms with E-state index in [1.54, 1.807) is 6.20 Å². The predicted octanol–water partition coefficient (Wildman–Crippen LogP) is 2.15. The van der Waals surface area contributed by atoms with Gasteiger partial charge in [0.05, 0.1) is 5.56 Å². The molecule has 0 unspecified atom stereocenters. The van der Waals surface area contributed by atoms with E-state index in [0.29, 0.717) is 13.1 Å². The first kappa shape index (κ1) is 14.1. The van der Waals surface area contributed by atoms with Gasteiger partial charge in [0.2, 0.25) is 5.95 Å². The van der Waals surface area contributed by atoms with Gasteiger partial charge in [-0.25, -0.2) is 4.98 Å². The zero-order chi connectivity index (χ0) is 14.8. The highest BCUT2D eigenvalue weighted by Crippen LogP contribution is 2.20. The number of hydrogen-bond donors (Lipinski definition) is 0. The van der Waals surface area contributed by atoms with Crippen LogP contribution < -0.4 is 4.90 Å². The van der Waals surface area contributed by atoms with Crippen molar-refractivity contribution in [3.05, 3.63) is 46.7 Å². The highest BCUT2D eigenvalue weighted by molar-refractivity contribution is 9.10. The zero-order valence-corrected chi connectivity index (χ0v) is 13.5. The number of anilines is 1. The monoisotopic (exact) mass is 348 g/mol. The Labute approximate surface area is 132 Å². The van der Waals surface area contributed by atoms with Crippen molar-refractivity contribution in [3.8, 4) is 0 Å². The van der Waals surface area contributed by atoms with Crippen molar-refractivity contribution >= 4 is 27.8 Å². The minimum atomic E-state index is 0.0852. The Balaban J connectivity index is 1.67. The number of aromatic nitrogens is 2. The van der Waals surface area contributed by atoms with Crippen LogP contribution in [0.5, 0.6) is 0 Å². The van der Waals surface area contributed by atoms with Gasteiger partial charge >= 0.3 is 0 Å². The summed E-state index contributed by atoms with van der Waals surface area (Å²) in [6, 6.07) is 7.57. The Hall–Kier alpha value is -1.82. The first-order chi connectivity index (χ1) is 10.2. The fraction of sp³-hybridized carbons (Fsp3) is 0.333. The molecule has 1 aromatic heterocycles. The number of aryl methyl sites for hydroxylation is 1. The average Bonchev–Trinajstić information content (AvgIpc) is 2.93. The lowest BCUT2D eigenvalue weighted by Gasteiger charge is -2.35. The second-order valence-corrected chi connectivity index (χ2v) is 5.95. The molecule has 3 rings (SSSR count). The summed E-state index contributed by atoms with van der Waals surface area (Å²) < 4.78 is 2.85. The molecule has 1 amide bonds. The Morgan fingerprint density at radius 3 is 2.52 bits per heavy atom. The third kappa shape index (κ3) is 2.81. The summed E-state index contributed by atoms with van der Waals surface area (Å²) in [6.45, 7) is 3.04. The van der Waals surface area contributed by atoms with E-state index in [1.807, 2.05) is 47.0 Å². The fourth-order valence-electron chi connectivity index (χ4n) is 2.58. The molecule has 21 heavy (non-hydrogen) atoms. The normalized spacial score (nSPS) is 15.3. The third-order valence-corrected chi connectivity index (χ3v) is 4.44. The van der Waals surface area contributed by atoms with Crippen molar-refractivity contribution in [2.24, 2.45) is 7.05 Å². The number of carbonyl (C=O) groups excluding carboxylic acids is 1. The average molecular weight is 349 g/mol. The molecule has 0 bridgehead atoms. The quantitative estimate of drug-likeness (QED) is 0.834. The van der Waals surface area contributed by atoms with Crippen LogP contribution in [0.15, 0.2) is 41.1 Å². The number of imidazole rings is 1. The van der Waals surface area contributed by atoms with E-state index in [1.165, 1.54) is 0 Å². The third-order valence-electron chi connectivity index (χ3n) is 3.75. The largest absolute Gasteiger partial charge is 0.339 e. The first-order valence-electron chi connectivity index (χ1n) is 6.93. The van der Waals surface area contributed by atoms with Gasteiger partial charge in [-0.15, -0.1) is 0 Å². The van der Waals surface area contributed by atoms with Crippen LogP contribution in [0.3, 0.4) is 0 Å². The molecule has 110 valence electrons. The molecule has 1 aliphatic heterocycles. The summed E-state index contributed by atoms with van der Waals surface area (Å²) in [5.74, 6) is 1.05. The molecule has 1 fully saturated rings. The molecule has 5 nitrogen and oxygen atoms in total. The molecule has 2 heterocycles.